The molecule has 6 rings (SSSR count). The van der Waals surface area contributed by atoms with Gasteiger partial charge >= 0.3 is 276 Å². The van der Waals surface area contributed by atoms with Gasteiger partial charge in [0, 0.05) is 0 Å². The van der Waals surface area contributed by atoms with Gasteiger partial charge < -0.3 is 0 Å². The summed E-state index contributed by atoms with van der Waals surface area (Å²) in [6.07, 6.45) is 4.92. The molecule has 0 bridgehead atoms. The van der Waals surface area contributed by atoms with E-state index in [1.807, 2.05) is 0 Å². The van der Waals surface area contributed by atoms with E-state index in [0.717, 1.165) is 0 Å². The summed E-state index contributed by atoms with van der Waals surface area (Å²) in [6, 6.07) is 26.9. The van der Waals surface area contributed by atoms with Gasteiger partial charge in [0.15, 0.2) is 0 Å². The van der Waals surface area contributed by atoms with Crippen LogP contribution in [0.5, 0.6) is 0 Å². The van der Waals surface area contributed by atoms with E-state index in [1.165, 1.54) is 77.9 Å². The molecule has 0 radical (unpaired) electrons. The molecule has 0 amide bonds. The molecular formula is C40H45Cl2SiZr. The van der Waals surface area contributed by atoms with Gasteiger partial charge in [0.1, 0.15) is 0 Å². The van der Waals surface area contributed by atoms with Crippen LogP contribution in [0.1, 0.15) is 72.5 Å². The second kappa shape index (κ2) is 11.4. The van der Waals surface area contributed by atoms with Gasteiger partial charge in [0.2, 0.25) is 0 Å². The summed E-state index contributed by atoms with van der Waals surface area (Å²) in [5, 5.41) is 0. The van der Waals surface area contributed by atoms with Crippen LogP contribution in [-0.4, -0.2) is 5.92 Å². The Labute approximate surface area is 274 Å². The summed E-state index contributed by atoms with van der Waals surface area (Å²) in [5.41, 5.74) is 18.6. The van der Waals surface area contributed by atoms with E-state index in [2.05, 4.69) is 147 Å². The summed E-state index contributed by atoms with van der Waals surface area (Å²) in [6.45, 7) is 20.8. The Balaban J connectivity index is 1.63. The average molecular weight is 716 g/mol. The molecule has 0 nitrogen and oxygen atoms in total. The average Bonchev–Trinajstić information content (AvgIpc) is 3.54. The summed E-state index contributed by atoms with van der Waals surface area (Å²) >= 11 is -4.82. The second-order valence-electron chi connectivity index (χ2n) is 14.1. The van der Waals surface area contributed by atoms with Crippen LogP contribution >= 0.6 is 17.0 Å². The number of aryl methyl sites for hydroxylation is 4. The molecular weight excluding hydrogens is 671 g/mol. The van der Waals surface area contributed by atoms with Crippen LogP contribution in [0.4, 0.5) is 0 Å². The van der Waals surface area contributed by atoms with Crippen LogP contribution in [0.2, 0.25) is 13.1 Å². The molecule has 2 aliphatic carbocycles. The summed E-state index contributed by atoms with van der Waals surface area (Å²) in [4.78, 5) is 0. The van der Waals surface area contributed by atoms with Crippen molar-refractivity contribution in [2.75, 3.05) is 0 Å². The Kier molecular flexibility index (Phi) is 8.28. The molecule has 44 heavy (non-hydrogen) atoms. The van der Waals surface area contributed by atoms with Crippen LogP contribution in [-0.2, 0) is 15.6 Å². The van der Waals surface area contributed by atoms with E-state index in [4.69, 9.17) is 17.0 Å². The summed E-state index contributed by atoms with van der Waals surface area (Å²) < 4.78 is 0.182. The van der Waals surface area contributed by atoms with Gasteiger partial charge in [-0.25, -0.2) is 0 Å². The zero-order valence-electron chi connectivity index (χ0n) is 27.6. The Morgan fingerprint density at radius 2 is 1.34 bits per heavy atom. The molecule has 0 saturated carbocycles. The van der Waals surface area contributed by atoms with Gasteiger partial charge in [0.25, 0.3) is 0 Å². The zero-order valence-corrected chi connectivity index (χ0v) is 32.8. The Hall–Kier alpha value is -1.96. The number of rotatable bonds is 6. The first kappa shape index (κ1) is 32.0. The van der Waals surface area contributed by atoms with Crippen LogP contribution in [0.25, 0.3) is 34.4 Å². The fourth-order valence-corrected chi connectivity index (χ4v) is 40.8. The van der Waals surface area contributed by atoms with E-state index >= 15 is 0 Å². The van der Waals surface area contributed by atoms with Crippen molar-refractivity contribution in [3.63, 3.8) is 0 Å². The SMILES string of the molecule is CC1=Cc2c(-c3ccccc3)ccc(C)c2[CH]1[Zr]([Cl])([Cl])([CH]1C(C(C)C)=Cc2c(-c3c(C)cc(C)cc3C)cccc21)[SiH](C)C. The summed E-state index contributed by atoms with van der Waals surface area (Å²) in [7, 11) is 17.3. The van der Waals surface area contributed by atoms with Gasteiger partial charge in [-0.3, -0.25) is 0 Å². The Morgan fingerprint density at radius 1 is 0.682 bits per heavy atom. The second-order valence-corrected chi connectivity index (χ2v) is 56.6. The van der Waals surface area contributed by atoms with Crippen LogP contribution in [0.15, 0.2) is 83.9 Å². The normalized spacial score (nSPS) is 18.6. The number of hydrogen-bond donors (Lipinski definition) is 0. The molecule has 2 aliphatic rings. The van der Waals surface area contributed by atoms with Crippen molar-refractivity contribution < 1.29 is 15.6 Å². The topological polar surface area (TPSA) is 0 Å². The first-order valence-electron chi connectivity index (χ1n) is 16.1. The van der Waals surface area contributed by atoms with E-state index < -0.39 is 21.5 Å². The van der Waals surface area contributed by atoms with Crippen molar-refractivity contribution in [1.82, 2.24) is 0 Å². The molecule has 0 aliphatic heterocycles. The molecule has 4 aromatic rings. The minimum absolute atomic E-state index is 0.0894. The fourth-order valence-electron chi connectivity index (χ4n) is 8.60. The molecule has 0 N–H and O–H groups in total. The number of hydrogen-bond acceptors (Lipinski definition) is 0. The predicted molar refractivity (Wildman–Crippen MR) is 195 cm³/mol. The molecule has 0 heterocycles. The first-order chi connectivity index (χ1) is 20.7. The van der Waals surface area contributed by atoms with Gasteiger partial charge in [0.05, 0.1) is 0 Å². The van der Waals surface area contributed by atoms with Crippen LogP contribution in [0, 0.1) is 33.6 Å². The van der Waals surface area contributed by atoms with E-state index in [0.29, 0.717) is 5.92 Å². The van der Waals surface area contributed by atoms with Gasteiger partial charge in [-0.05, 0) is 0 Å². The number of benzene rings is 4. The van der Waals surface area contributed by atoms with E-state index in [1.54, 1.807) is 0 Å². The van der Waals surface area contributed by atoms with Crippen molar-refractivity contribution in [1.29, 1.82) is 0 Å². The molecule has 4 aromatic carbocycles. The van der Waals surface area contributed by atoms with Crippen LogP contribution in [0.3, 0.4) is 0 Å². The quantitative estimate of drug-likeness (QED) is 0.174. The molecule has 0 fully saturated rings. The van der Waals surface area contributed by atoms with Crippen LogP contribution < -0.4 is 0 Å². The minimum atomic E-state index is -4.82. The third-order valence-electron chi connectivity index (χ3n) is 10.6. The van der Waals surface area contributed by atoms with Crippen molar-refractivity contribution in [3.05, 3.63) is 128 Å². The van der Waals surface area contributed by atoms with Gasteiger partial charge in [-0.2, -0.15) is 0 Å². The molecule has 2 unspecified atom stereocenters. The number of halogens is 2. The maximum absolute atomic E-state index is 8.64. The molecule has 0 aromatic heterocycles. The van der Waals surface area contributed by atoms with Crippen molar-refractivity contribution in [3.8, 4) is 22.3 Å². The van der Waals surface area contributed by atoms with E-state index in [-0.39, 0.29) is 7.25 Å². The van der Waals surface area contributed by atoms with Crippen molar-refractivity contribution in [2.24, 2.45) is 5.92 Å². The van der Waals surface area contributed by atoms with Crippen molar-refractivity contribution >= 4 is 35.1 Å². The monoisotopic (exact) mass is 713 g/mol. The standard InChI is InChI=1S/C21H23.C17H15.C2H7Si.2ClH.Zr/c1-13(2)18-11-17-7-6-8-19(20(17)12-18)21-15(4)9-14(3)10-16(21)5;1-12-10-16-13(2)8-9-15(17(16)11-12)14-6-4-3-5-7-14;1-3-2;;;/h6-13H,1-5H3;3-11H,1-2H3;3H,1-2H3;2*1H;/q;;;;;+2/p-2. The van der Waals surface area contributed by atoms with Gasteiger partial charge in [-0.1, -0.05) is 0 Å². The maximum atomic E-state index is 8.64. The number of allylic oxidation sites excluding steroid dienone is 2. The Bertz CT molecular complexity index is 1840. The molecule has 0 saturated heterocycles. The first-order valence-corrected chi connectivity index (χ1v) is 32.4. The third kappa shape index (κ3) is 4.78. The molecule has 0 spiro atoms. The Morgan fingerprint density at radius 3 is 1.95 bits per heavy atom. The van der Waals surface area contributed by atoms with Crippen molar-refractivity contribution in [2.45, 2.75) is 68.8 Å². The molecule has 2 atom stereocenters. The zero-order chi connectivity index (χ0) is 31.7. The fraction of sp³-hybridized carbons (Fsp3) is 0.300. The molecule has 227 valence electrons. The molecule has 4 heteroatoms. The summed E-state index contributed by atoms with van der Waals surface area (Å²) in [5.74, 6) is -1.28. The van der Waals surface area contributed by atoms with E-state index in [9.17, 15) is 0 Å². The third-order valence-corrected chi connectivity index (χ3v) is 62.5. The number of fused-ring (bicyclic) bond motifs is 2. The van der Waals surface area contributed by atoms with Gasteiger partial charge in [-0.15, -0.1) is 0 Å². The predicted octanol–water partition coefficient (Wildman–Crippen LogP) is 12.5.